The molecule has 1 fully saturated rings. The number of hydrogen-bond donors (Lipinski definition) is 3. The van der Waals surface area contributed by atoms with Crippen LogP contribution >= 0.6 is 11.6 Å². The van der Waals surface area contributed by atoms with E-state index in [1.165, 1.54) is 0 Å². The number of nitrogens with zero attached hydrogens (tertiary/aromatic N) is 3. The number of halogens is 1. The van der Waals surface area contributed by atoms with Crippen molar-refractivity contribution in [2.45, 2.75) is 37.8 Å². The zero-order valence-electron chi connectivity index (χ0n) is 18.2. The number of nitrogens with one attached hydrogen (secondary N) is 3. The van der Waals surface area contributed by atoms with Crippen LogP contribution in [0.5, 0.6) is 0 Å². The zero-order valence-corrected chi connectivity index (χ0v) is 19.7. The third kappa shape index (κ3) is 5.47. The van der Waals surface area contributed by atoms with Gasteiger partial charge in [0.25, 0.3) is 0 Å². The van der Waals surface area contributed by atoms with Crippen molar-refractivity contribution < 1.29 is 8.76 Å². The quantitative estimate of drug-likeness (QED) is 0.339. The van der Waals surface area contributed by atoms with Gasteiger partial charge in [0.05, 0.1) is 0 Å². The third-order valence-electron chi connectivity index (χ3n) is 6.24. The van der Waals surface area contributed by atoms with Crippen molar-refractivity contribution >= 4 is 39.7 Å². The van der Waals surface area contributed by atoms with Gasteiger partial charge in [-0.05, 0) is 69.1 Å². The smallest absolute Gasteiger partial charge is 0.137 e. The maximum Gasteiger partial charge on any atom is 0.137 e. The maximum absolute atomic E-state index is 11.0. The van der Waals surface area contributed by atoms with E-state index in [-0.39, 0.29) is 12.1 Å². The maximum atomic E-state index is 11.0. The summed E-state index contributed by atoms with van der Waals surface area (Å²) in [5.74, 6) is 1.13. The summed E-state index contributed by atoms with van der Waals surface area (Å²) in [6.07, 6.45) is 7.84. The van der Waals surface area contributed by atoms with Crippen LogP contribution in [-0.2, 0) is 11.3 Å². The van der Waals surface area contributed by atoms with Crippen LogP contribution in [0, 0.1) is 5.92 Å². The van der Waals surface area contributed by atoms with Crippen molar-refractivity contribution in [3.05, 3.63) is 41.8 Å². The second-order valence-electron chi connectivity index (χ2n) is 8.55. The Morgan fingerprint density at radius 2 is 2.22 bits per heavy atom. The molecule has 1 aliphatic rings. The van der Waals surface area contributed by atoms with Crippen molar-refractivity contribution in [2.75, 3.05) is 26.0 Å². The largest absolute Gasteiger partial charge is 0.760 e. The molecule has 0 aliphatic heterocycles. The minimum atomic E-state index is -2.25. The van der Waals surface area contributed by atoms with E-state index in [4.69, 9.17) is 11.6 Å². The van der Waals surface area contributed by atoms with Crippen LogP contribution in [0.2, 0.25) is 5.15 Å². The van der Waals surface area contributed by atoms with Crippen LogP contribution in [0.25, 0.3) is 22.2 Å². The van der Waals surface area contributed by atoms with Gasteiger partial charge in [-0.25, -0.2) is 14.7 Å². The standard InChI is InChI=1S/C22H29ClN6O2S/c1-29(2)19(13-26-32(30)31)14-5-3-6-16(9-14)27-21-11-15(10-20(23)28-21)18-12-25-22-17(18)7-4-8-24-22/h4,7-8,10-12,14,16,19,26H,3,5-6,9,13H2,1-2H3,(H,24,25)(H,27,28)(H,30,31)/p-1. The normalized spacial score (nSPS) is 21.0. The molecule has 3 N–H and O–H groups in total. The average molecular weight is 476 g/mol. The van der Waals surface area contributed by atoms with Gasteiger partial charge in [-0.1, -0.05) is 18.0 Å². The first-order valence-electron chi connectivity index (χ1n) is 10.8. The van der Waals surface area contributed by atoms with Gasteiger partial charge < -0.3 is 19.8 Å². The van der Waals surface area contributed by atoms with E-state index in [1.54, 1.807) is 6.20 Å². The molecule has 8 nitrogen and oxygen atoms in total. The van der Waals surface area contributed by atoms with Gasteiger partial charge in [0.15, 0.2) is 0 Å². The highest BCUT2D eigenvalue weighted by Crippen LogP contribution is 2.33. The summed E-state index contributed by atoms with van der Waals surface area (Å²) in [6, 6.07) is 8.23. The van der Waals surface area contributed by atoms with Crippen LogP contribution < -0.4 is 10.0 Å². The summed E-state index contributed by atoms with van der Waals surface area (Å²) < 4.78 is 24.5. The van der Waals surface area contributed by atoms with Gasteiger partial charge in [0.2, 0.25) is 0 Å². The molecule has 1 aliphatic carbocycles. The van der Waals surface area contributed by atoms with Crippen LogP contribution in [0.3, 0.4) is 0 Å². The van der Waals surface area contributed by atoms with Crippen molar-refractivity contribution in [1.82, 2.24) is 24.6 Å². The lowest BCUT2D eigenvalue weighted by Crippen LogP contribution is -2.46. The molecule has 4 unspecified atom stereocenters. The lowest BCUT2D eigenvalue weighted by molar-refractivity contribution is 0.166. The Balaban J connectivity index is 1.51. The zero-order chi connectivity index (χ0) is 22.7. The van der Waals surface area contributed by atoms with Crippen molar-refractivity contribution in [2.24, 2.45) is 5.92 Å². The Hall–Kier alpha value is -2.04. The molecule has 3 heterocycles. The summed E-state index contributed by atoms with van der Waals surface area (Å²) in [7, 11) is 4.00. The Bertz CT molecular complexity index is 1090. The molecule has 0 radical (unpaired) electrons. The molecule has 4 atom stereocenters. The van der Waals surface area contributed by atoms with E-state index in [0.717, 1.165) is 53.7 Å². The molecule has 0 aromatic carbocycles. The molecule has 3 aromatic rings. The highest BCUT2D eigenvalue weighted by atomic mass is 35.5. The SMILES string of the molecule is CN(C)C(CNS(=O)[O-])C1CCCC(Nc2cc(-c3c[nH]c4ncccc34)cc(Cl)n2)C1. The highest BCUT2D eigenvalue weighted by molar-refractivity contribution is 7.77. The number of aromatic amines is 1. The fraction of sp³-hybridized carbons (Fsp3) is 0.455. The van der Waals surface area contributed by atoms with Gasteiger partial charge in [0, 0.05) is 53.2 Å². The van der Waals surface area contributed by atoms with Gasteiger partial charge in [0.1, 0.15) is 16.6 Å². The molecule has 4 rings (SSSR count). The number of fused-ring (bicyclic) bond motifs is 1. The number of hydrogen-bond acceptors (Lipinski definition) is 6. The fourth-order valence-electron chi connectivity index (χ4n) is 4.76. The topological polar surface area (TPSA) is 109 Å². The van der Waals surface area contributed by atoms with Crippen molar-refractivity contribution in [1.29, 1.82) is 0 Å². The monoisotopic (exact) mass is 475 g/mol. The lowest BCUT2D eigenvalue weighted by atomic mass is 9.80. The lowest BCUT2D eigenvalue weighted by Gasteiger charge is -2.38. The number of H-pyrrole nitrogens is 1. The first-order chi connectivity index (χ1) is 15.4. The summed E-state index contributed by atoms with van der Waals surface area (Å²) >= 11 is 4.13. The van der Waals surface area contributed by atoms with E-state index in [2.05, 4.69) is 29.9 Å². The molecule has 172 valence electrons. The Kier molecular flexibility index (Phi) is 7.42. The molecule has 0 spiro atoms. The second kappa shape index (κ2) is 10.3. The highest BCUT2D eigenvalue weighted by Gasteiger charge is 2.30. The summed E-state index contributed by atoms with van der Waals surface area (Å²) in [5.41, 5.74) is 2.85. The molecule has 10 heteroatoms. The van der Waals surface area contributed by atoms with Gasteiger partial charge in [-0.15, -0.1) is 0 Å². The van der Waals surface area contributed by atoms with Crippen molar-refractivity contribution in [3.8, 4) is 11.1 Å². The van der Waals surface area contributed by atoms with E-state index in [9.17, 15) is 8.76 Å². The molecular formula is C22H28ClN6O2S-. The van der Waals surface area contributed by atoms with Gasteiger partial charge in [-0.2, -0.15) is 0 Å². The summed E-state index contributed by atoms with van der Waals surface area (Å²) in [6.45, 7) is 0.411. The first-order valence-corrected chi connectivity index (χ1v) is 12.2. The second-order valence-corrected chi connectivity index (χ2v) is 9.69. The van der Waals surface area contributed by atoms with Crippen molar-refractivity contribution in [3.63, 3.8) is 0 Å². The van der Waals surface area contributed by atoms with Crippen LogP contribution in [0.4, 0.5) is 5.82 Å². The number of pyridine rings is 2. The Labute approximate surface area is 195 Å². The predicted octanol–water partition coefficient (Wildman–Crippen LogP) is 3.56. The predicted molar refractivity (Wildman–Crippen MR) is 128 cm³/mol. The molecule has 0 bridgehead atoms. The molecular weight excluding hydrogens is 448 g/mol. The molecule has 0 saturated heterocycles. The Morgan fingerprint density at radius 3 is 3.00 bits per heavy atom. The number of anilines is 1. The average Bonchev–Trinajstić information content (AvgIpc) is 3.17. The fourth-order valence-corrected chi connectivity index (χ4v) is 5.28. The van der Waals surface area contributed by atoms with E-state index in [1.807, 2.05) is 44.6 Å². The third-order valence-corrected chi connectivity index (χ3v) is 6.84. The van der Waals surface area contributed by atoms with Crippen LogP contribution in [0.1, 0.15) is 25.7 Å². The van der Waals surface area contributed by atoms with Gasteiger partial charge >= 0.3 is 0 Å². The minimum Gasteiger partial charge on any atom is -0.760 e. The van der Waals surface area contributed by atoms with Crippen LogP contribution in [-0.4, -0.2) is 61.3 Å². The van der Waals surface area contributed by atoms with E-state index in [0.29, 0.717) is 17.6 Å². The Morgan fingerprint density at radius 1 is 1.38 bits per heavy atom. The number of rotatable bonds is 8. The molecule has 3 aromatic heterocycles. The number of aromatic nitrogens is 3. The van der Waals surface area contributed by atoms with E-state index >= 15 is 0 Å². The molecule has 32 heavy (non-hydrogen) atoms. The first kappa shape index (κ1) is 23.1. The minimum absolute atomic E-state index is 0.138. The summed E-state index contributed by atoms with van der Waals surface area (Å²) in [5, 5.41) is 5.05. The number of likely N-dealkylation sites (N-methyl/N-ethyl adjacent to an activating group) is 1. The molecule has 1 saturated carbocycles. The van der Waals surface area contributed by atoms with E-state index < -0.39 is 11.3 Å². The van der Waals surface area contributed by atoms with Gasteiger partial charge in [-0.3, -0.25) is 4.21 Å². The molecule has 0 amide bonds. The van der Waals surface area contributed by atoms with Crippen LogP contribution in [0.15, 0.2) is 36.7 Å². The summed E-state index contributed by atoms with van der Waals surface area (Å²) in [4.78, 5) is 14.2.